The van der Waals surface area contributed by atoms with Gasteiger partial charge in [0.1, 0.15) is 4.32 Å². The number of unbranched alkanes of at least 4 members (excludes halogenated alkanes) is 1. The van der Waals surface area contributed by atoms with E-state index in [2.05, 4.69) is 31.8 Å². The van der Waals surface area contributed by atoms with E-state index < -0.39 is 0 Å². The molecule has 1 atom stereocenters. The summed E-state index contributed by atoms with van der Waals surface area (Å²) in [4.78, 5) is 0. The van der Waals surface area contributed by atoms with Gasteiger partial charge in [0.15, 0.2) is 0 Å². The van der Waals surface area contributed by atoms with Crippen molar-refractivity contribution in [3.8, 4) is 0 Å². The lowest BCUT2D eigenvalue weighted by Gasteiger charge is -2.11. The highest BCUT2D eigenvalue weighted by molar-refractivity contribution is 8.11. The molecular weight excluding hydrogens is 162 g/mol. The van der Waals surface area contributed by atoms with E-state index in [0.29, 0.717) is 10.4 Å². The molecule has 0 spiro atoms. The average Bonchev–Trinajstić information content (AvgIpc) is 1.82. The van der Waals surface area contributed by atoms with Crippen molar-refractivity contribution in [2.24, 2.45) is 0 Å². The van der Waals surface area contributed by atoms with Crippen molar-refractivity contribution in [1.29, 1.82) is 0 Å². The molecule has 0 fully saturated rings. The van der Waals surface area contributed by atoms with Gasteiger partial charge in [-0.2, -0.15) is 0 Å². The SMILES string of the molecule is CCCCC(C)NC(=S)S. The fourth-order valence-electron chi connectivity index (χ4n) is 0.793. The van der Waals surface area contributed by atoms with Crippen LogP contribution in [0.4, 0.5) is 0 Å². The van der Waals surface area contributed by atoms with E-state index in [9.17, 15) is 0 Å². The van der Waals surface area contributed by atoms with E-state index in [1.165, 1.54) is 19.3 Å². The molecule has 0 aromatic carbocycles. The Morgan fingerprint density at radius 3 is 2.70 bits per heavy atom. The lowest BCUT2D eigenvalue weighted by atomic mass is 10.1. The van der Waals surface area contributed by atoms with Gasteiger partial charge in [0.05, 0.1) is 0 Å². The number of rotatable bonds is 4. The zero-order chi connectivity index (χ0) is 7.98. The predicted octanol–water partition coefficient (Wildman–Crippen LogP) is 2.37. The van der Waals surface area contributed by atoms with Crippen LogP contribution in [0.2, 0.25) is 0 Å². The van der Waals surface area contributed by atoms with Gasteiger partial charge in [-0.1, -0.05) is 32.0 Å². The minimum Gasteiger partial charge on any atom is -0.369 e. The molecule has 1 N–H and O–H groups in total. The van der Waals surface area contributed by atoms with E-state index in [-0.39, 0.29) is 0 Å². The fraction of sp³-hybridized carbons (Fsp3) is 0.857. The Balaban J connectivity index is 3.25. The standard InChI is InChI=1S/C7H15NS2/c1-3-4-5-6(2)8-7(9)10/h6H,3-5H2,1-2H3,(H2,8,9,10). The minimum absolute atomic E-state index is 0.477. The maximum absolute atomic E-state index is 4.78. The molecule has 0 rings (SSSR count). The zero-order valence-corrected chi connectivity index (χ0v) is 8.27. The smallest absolute Gasteiger partial charge is 0.130 e. The molecule has 60 valence electrons. The van der Waals surface area contributed by atoms with Crippen LogP contribution in [0.5, 0.6) is 0 Å². The van der Waals surface area contributed by atoms with Gasteiger partial charge in [0.2, 0.25) is 0 Å². The third-order valence-electron chi connectivity index (χ3n) is 1.36. The molecule has 1 nitrogen and oxygen atoms in total. The van der Waals surface area contributed by atoms with Crippen LogP contribution in [0, 0.1) is 0 Å². The quantitative estimate of drug-likeness (QED) is 0.505. The van der Waals surface area contributed by atoms with E-state index >= 15 is 0 Å². The van der Waals surface area contributed by atoms with Gasteiger partial charge < -0.3 is 5.32 Å². The van der Waals surface area contributed by atoms with Crippen LogP contribution < -0.4 is 5.32 Å². The van der Waals surface area contributed by atoms with E-state index in [1.54, 1.807) is 0 Å². The van der Waals surface area contributed by atoms with Crippen LogP contribution in [-0.4, -0.2) is 10.4 Å². The Bertz CT molecular complexity index is 104. The first-order chi connectivity index (χ1) is 4.66. The Morgan fingerprint density at radius 1 is 1.70 bits per heavy atom. The van der Waals surface area contributed by atoms with Gasteiger partial charge in [-0.15, -0.1) is 12.6 Å². The highest BCUT2D eigenvalue weighted by atomic mass is 32.1. The monoisotopic (exact) mass is 177 g/mol. The third kappa shape index (κ3) is 6.36. The first-order valence-electron chi connectivity index (χ1n) is 3.66. The molecule has 0 aliphatic rings. The molecule has 0 radical (unpaired) electrons. The average molecular weight is 177 g/mol. The summed E-state index contributed by atoms with van der Waals surface area (Å²) in [6.07, 6.45) is 3.67. The van der Waals surface area contributed by atoms with Crippen molar-refractivity contribution < 1.29 is 0 Å². The van der Waals surface area contributed by atoms with Crippen LogP contribution in [0.15, 0.2) is 0 Å². The lowest BCUT2D eigenvalue weighted by molar-refractivity contribution is 0.576. The normalized spacial score (nSPS) is 12.7. The number of hydrogen-bond acceptors (Lipinski definition) is 1. The molecular formula is C7H15NS2. The van der Waals surface area contributed by atoms with Crippen molar-refractivity contribution in [2.75, 3.05) is 0 Å². The maximum atomic E-state index is 4.78. The van der Waals surface area contributed by atoms with Crippen molar-refractivity contribution in [1.82, 2.24) is 5.32 Å². The highest BCUT2D eigenvalue weighted by Gasteiger charge is 1.98. The topological polar surface area (TPSA) is 12.0 Å². The molecule has 0 aliphatic carbocycles. The van der Waals surface area contributed by atoms with Crippen molar-refractivity contribution in [3.63, 3.8) is 0 Å². The highest BCUT2D eigenvalue weighted by Crippen LogP contribution is 1.99. The summed E-state index contributed by atoms with van der Waals surface area (Å²) in [6, 6.07) is 0.477. The number of nitrogens with one attached hydrogen (secondary N) is 1. The largest absolute Gasteiger partial charge is 0.369 e. The molecule has 0 amide bonds. The number of thiol groups is 1. The predicted molar refractivity (Wildman–Crippen MR) is 53.7 cm³/mol. The van der Waals surface area contributed by atoms with Gasteiger partial charge in [0, 0.05) is 6.04 Å². The van der Waals surface area contributed by atoms with Gasteiger partial charge in [0.25, 0.3) is 0 Å². The summed E-state index contributed by atoms with van der Waals surface area (Å²) in [6.45, 7) is 4.31. The Kier molecular flexibility index (Phi) is 6.13. The molecule has 0 aromatic rings. The Morgan fingerprint density at radius 2 is 2.30 bits per heavy atom. The molecule has 0 bridgehead atoms. The van der Waals surface area contributed by atoms with Crippen LogP contribution in [0.1, 0.15) is 33.1 Å². The number of hydrogen-bond donors (Lipinski definition) is 2. The summed E-state index contributed by atoms with van der Waals surface area (Å²) >= 11 is 8.76. The van der Waals surface area contributed by atoms with E-state index in [4.69, 9.17) is 12.2 Å². The first-order valence-corrected chi connectivity index (χ1v) is 4.51. The summed E-state index contributed by atoms with van der Waals surface area (Å²) < 4.78 is 0.601. The fourth-order valence-corrected chi connectivity index (χ4v) is 1.21. The van der Waals surface area contributed by atoms with Crippen LogP contribution in [-0.2, 0) is 0 Å². The summed E-state index contributed by atoms with van der Waals surface area (Å²) in [7, 11) is 0. The second kappa shape index (κ2) is 5.98. The van der Waals surface area contributed by atoms with Crippen LogP contribution >= 0.6 is 24.8 Å². The van der Waals surface area contributed by atoms with Gasteiger partial charge in [-0.05, 0) is 13.3 Å². The molecule has 10 heavy (non-hydrogen) atoms. The van der Waals surface area contributed by atoms with E-state index in [0.717, 1.165) is 0 Å². The summed E-state index contributed by atoms with van der Waals surface area (Å²) in [5, 5.41) is 3.07. The molecule has 0 saturated heterocycles. The summed E-state index contributed by atoms with van der Waals surface area (Å²) in [5.74, 6) is 0. The molecule has 3 heteroatoms. The number of thiocarbonyl (C=S) groups is 1. The second-order valence-electron chi connectivity index (χ2n) is 2.49. The van der Waals surface area contributed by atoms with Gasteiger partial charge >= 0.3 is 0 Å². The minimum atomic E-state index is 0.477. The van der Waals surface area contributed by atoms with E-state index in [1.807, 2.05) is 0 Å². The molecule has 0 aromatic heterocycles. The Hall–Kier alpha value is 0.240. The molecule has 0 heterocycles. The first kappa shape index (κ1) is 10.2. The third-order valence-corrected chi connectivity index (χ3v) is 1.61. The van der Waals surface area contributed by atoms with Crippen molar-refractivity contribution in [3.05, 3.63) is 0 Å². The van der Waals surface area contributed by atoms with Gasteiger partial charge in [-0.25, -0.2) is 0 Å². The second-order valence-corrected chi connectivity index (χ2v) is 3.65. The molecule has 1 unspecified atom stereocenters. The van der Waals surface area contributed by atoms with Gasteiger partial charge in [-0.3, -0.25) is 0 Å². The lowest BCUT2D eigenvalue weighted by Crippen LogP contribution is -2.27. The van der Waals surface area contributed by atoms with Crippen LogP contribution in [0.25, 0.3) is 0 Å². The van der Waals surface area contributed by atoms with Crippen molar-refractivity contribution >= 4 is 29.2 Å². The van der Waals surface area contributed by atoms with Crippen LogP contribution in [0.3, 0.4) is 0 Å². The van der Waals surface area contributed by atoms with Crippen molar-refractivity contribution in [2.45, 2.75) is 39.2 Å². The Labute approximate surface area is 74.0 Å². The summed E-state index contributed by atoms with van der Waals surface area (Å²) in [5.41, 5.74) is 0. The molecule has 0 aliphatic heterocycles. The molecule has 0 saturated carbocycles. The zero-order valence-electron chi connectivity index (χ0n) is 6.55. The maximum Gasteiger partial charge on any atom is 0.130 e.